The summed E-state index contributed by atoms with van der Waals surface area (Å²) >= 11 is 0. The van der Waals surface area contributed by atoms with Crippen molar-refractivity contribution in [3.63, 3.8) is 0 Å². The van der Waals surface area contributed by atoms with Crippen LogP contribution in [0.25, 0.3) is 0 Å². The molecule has 6 nitrogen and oxygen atoms in total. The summed E-state index contributed by atoms with van der Waals surface area (Å²) in [5.41, 5.74) is 0. The highest BCUT2D eigenvalue weighted by molar-refractivity contribution is 4.78. The van der Waals surface area contributed by atoms with E-state index in [1.165, 1.54) is 38.1 Å². The van der Waals surface area contributed by atoms with E-state index >= 15 is 0 Å². The Labute approximate surface area is 110 Å². The fraction of sp³-hybridized carbons (Fsp3) is 0.727. The summed E-state index contributed by atoms with van der Waals surface area (Å²) in [7, 11) is -2.85. The van der Waals surface area contributed by atoms with Gasteiger partial charge in [-0.25, -0.2) is 27.8 Å². The van der Waals surface area contributed by atoms with E-state index in [9.17, 15) is 0 Å². The molecule has 0 N–H and O–H groups in total. The zero-order valence-electron chi connectivity index (χ0n) is 11.1. The van der Waals surface area contributed by atoms with Gasteiger partial charge in [-0.1, -0.05) is 19.8 Å². The Morgan fingerprint density at radius 2 is 1.72 bits per heavy atom. The zero-order valence-corrected chi connectivity index (χ0v) is 11.9. The van der Waals surface area contributed by atoms with Gasteiger partial charge in [-0.3, -0.25) is 0 Å². The monoisotopic (exact) mass is 280 g/mol. The minimum absolute atomic E-state index is 1.17. The van der Waals surface area contributed by atoms with Crippen molar-refractivity contribution in [3.05, 3.63) is 18.2 Å². The minimum Gasteiger partial charge on any atom is -0.237 e. The van der Waals surface area contributed by atoms with E-state index in [0.717, 1.165) is 0 Å². The number of aromatic nitrogens is 2. The lowest BCUT2D eigenvalue weighted by Crippen LogP contribution is -2.68. The summed E-state index contributed by atoms with van der Waals surface area (Å²) in [6.45, 7) is 5.59. The van der Waals surface area contributed by atoms with Gasteiger partial charge in [-0.05, 0) is 12.8 Å². The summed E-state index contributed by atoms with van der Waals surface area (Å²) in [6, 6.07) is 0. The third-order valence-corrected chi connectivity index (χ3v) is 2.65. The van der Waals surface area contributed by atoms with Crippen molar-refractivity contribution < 1.29 is 33.4 Å². The number of aryl methyl sites for hydroxylation is 2. The molecule has 0 radical (unpaired) electrons. The first-order valence-electron chi connectivity index (χ1n) is 5.88. The van der Waals surface area contributed by atoms with Crippen LogP contribution in [0.15, 0.2) is 12.4 Å². The van der Waals surface area contributed by atoms with Gasteiger partial charge in [0.15, 0.2) is 0 Å². The Bertz CT molecular complexity index is 330. The lowest BCUT2D eigenvalue weighted by atomic mass is 10.2. The topological polar surface area (TPSA) is 101 Å². The summed E-state index contributed by atoms with van der Waals surface area (Å²) in [6.07, 6.45) is 9.64. The fourth-order valence-electron chi connectivity index (χ4n) is 1.54. The van der Waals surface area contributed by atoms with Gasteiger partial charge in [-0.2, -0.15) is 0 Å². The van der Waals surface area contributed by atoms with Crippen molar-refractivity contribution in [1.82, 2.24) is 4.57 Å². The first-order valence-corrected chi connectivity index (χ1v) is 7.12. The van der Waals surface area contributed by atoms with Gasteiger partial charge < -0.3 is 0 Å². The van der Waals surface area contributed by atoms with Crippen LogP contribution in [-0.2, 0) is 13.6 Å². The predicted octanol–water partition coefficient (Wildman–Crippen LogP) is -2.55. The van der Waals surface area contributed by atoms with Crippen LogP contribution in [-0.4, -0.2) is 4.57 Å². The third kappa shape index (κ3) is 9.38. The summed E-state index contributed by atoms with van der Waals surface area (Å²) in [4.78, 5) is 0. The summed E-state index contributed by atoms with van der Waals surface area (Å²) in [5.74, 6) is 1.34. The molecule has 1 aromatic heterocycles. The van der Waals surface area contributed by atoms with Crippen molar-refractivity contribution in [2.45, 2.75) is 46.1 Å². The molecule has 0 fully saturated rings. The van der Waals surface area contributed by atoms with Crippen LogP contribution in [0.4, 0.5) is 0 Å². The average Bonchev–Trinajstić information content (AvgIpc) is 2.53. The number of unbranched alkanes of at least 4 members (excludes halogenated alkanes) is 3. The molecular weight excluding hydrogens is 260 g/mol. The summed E-state index contributed by atoms with van der Waals surface area (Å²) < 4.78 is 38.5. The molecule has 0 aliphatic carbocycles. The van der Waals surface area contributed by atoms with E-state index in [-0.39, 0.29) is 0 Å². The molecule has 0 spiro atoms. The molecule has 0 bridgehead atoms. The quantitative estimate of drug-likeness (QED) is 0.437. The Hall–Kier alpha value is -0.660. The minimum atomic E-state index is -4.94. The lowest BCUT2D eigenvalue weighted by molar-refractivity contribution is -2.00. The molecule has 0 unspecified atom stereocenters. The SMILES string of the molecule is CCCCCCn1cc[n+](C)c1C.[O-][Cl+3]([O-])([O-])[O-]. The molecule has 0 amide bonds. The van der Waals surface area contributed by atoms with Crippen molar-refractivity contribution in [2.24, 2.45) is 7.05 Å². The highest BCUT2D eigenvalue weighted by atomic mass is 35.7. The smallest absolute Gasteiger partial charge is 0.237 e. The highest BCUT2D eigenvalue weighted by Gasteiger charge is 2.06. The molecule has 1 rings (SSSR count). The number of hydrogen-bond acceptors (Lipinski definition) is 4. The van der Waals surface area contributed by atoms with Crippen LogP contribution in [0.2, 0.25) is 0 Å². The number of imidazole rings is 1. The summed E-state index contributed by atoms with van der Waals surface area (Å²) in [5, 5.41) is 0. The van der Waals surface area contributed by atoms with Gasteiger partial charge in [0.1, 0.15) is 12.4 Å². The second-order valence-electron chi connectivity index (χ2n) is 4.09. The Kier molecular flexibility index (Phi) is 8.13. The van der Waals surface area contributed by atoms with Crippen molar-refractivity contribution >= 4 is 0 Å². The Morgan fingerprint density at radius 3 is 2.11 bits per heavy atom. The second kappa shape index (κ2) is 8.44. The van der Waals surface area contributed by atoms with Crippen molar-refractivity contribution in [2.75, 3.05) is 0 Å². The first kappa shape index (κ1) is 17.3. The van der Waals surface area contributed by atoms with E-state index in [2.05, 4.69) is 42.4 Å². The van der Waals surface area contributed by atoms with E-state index in [1.54, 1.807) is 0 Å². The van der Waals surface area contributed by atoms with E-state index in [0.29, 0.717) is 0 Å². The maximum Gasteiger partial charge on any atom is 0.253 e. The van der Waals surface area contributed by atoms with Gasteiger partial charge in [-0.15, -0.1) is 10.2 Å². The molecule has 106 valence electrons. The second-order valence-corrected chi connectivity index (χ2v) is 4.84. The third-order valence-electron chi connectivity index (χ3n) is 2.65. The van der Waals surface area contributed by atoms with E-state index in [1.807, 2.05) is 0 Å². The standard InChI is InChI=1S/C11H21N2.ClHO4/c1-4-5-6-7-8-13-10-9-12(3)11(13)2;2-1(3,4)5/h9-10H,4-8H2,1-3H3;(H,2,3,4,5)/q+1;/p-1. The molecule has 18 heavy (non-hydrogen) atoms. The van der Waals surface area contributed by atoms with Gasteiger partial charge in [0.2, 0.25) is 0 Å². The van der Waals surface area contributed by atoms with Crippen LogP contribution >= 0.6 is 0 Å². The van der Waals surface area contributed by atoms with Crippen LogP contribution < -0.4 is 23.2 Å². The fourth-order valence-corrected chi connectivity index (χ4v) is 1.54. The van der Waals surface area contributed by atoms with Crippen LogP contribution in [0, 0.1) is 17.2 Å². The molecule has 0 saturated heterocycles. The van der Waals surface area contributed by atoms with Crippen molar-refractivity contribution in [1.29, 1.82) is 0 Å². The zero-order chi connectivity index (χ0) is 14.2. The number of halogens is 1. The highest BCUT2D eigenvalue weighted by Crippen LogP contribution is 2.02. The van der Waals surface area contributed by atoms with Gasteiger partial charge in [0.25, 0.3) is 5.82 Å². The van der Waals surface area contributed by atoms with Crippen LogP contribution in [0.3, 0.4) is 0 Å². The van der Waals surface area contributed by atoms with Gasteiger partial charge in [0.05, 0.1) is 13.6 Å². The van der Waals surface area contributed by atoms with Gasteiger partial charge in [0, 0.05) is 6.92 Å². The number of rotatable bonds is 5. The van der Waals surface area contributed by atoms with E-state index < -0.39 is 10.2 Å². The Balaban J connectivity index is 0.000000494. The predicted molar refractivity (Wildman–Crippen MR) is 54.5 cm³/mol. The molecule has 0 atom stereocenters. The largest absolute Gasteiger partial charge is 0.253 e. The molecule has 0 aliphatic rings. The molecule has 1 heterocycles. The number of hydrogen-bond donors (Lipinski definition) is 0. The Morgan fingerprint density at radius 1 is 1.17 bits per heavy atom. The molecule has 0 aromatic carbocycles. The maximum absolute atomic E-state index is 8.49. The molecule has 7 heteroatoms. The lowest BCUT2D eigenvalue weighted by Gasteiger charge is -2.17. The van der Waals surface area contributed by atoms with Gasteiger partial charge >= 0.3 is 0 Å². The molecule has 0 saturated carbocycles. The maximum atomic E-state index is 8.49. The van der Waals surface area contributed by atoms with E-state index in [4.69, 9.17) is 18.6 Å². The average molecular weight is 281 g/mol. The first-order chi connectivity index (χ1) is 8.25. The van der Waals surface area contributed by atoms with Crippen LogP contribution in [0.1, 0.15) is 38.4 Å². The molecule has 1 aromatic rings. The normalized spacial score (nSPS) is 11.1. The number of nitrogens with zero attached hydrogens (tertiary/aromatic N) is 2. The van der Waals surface area contributed by atoms with Crippen molar-refractivity contribution in [3.8, 4) is 0 Å². The molecular formula is C11H21ClN2O4. The van der Waals surface area contributed by atoms with Crippen LogP contribution in [0.5, 0.6) is 0 Å². The molecule has 0 aliphatic heterocycles.